The van der Waals surface area contributed by atoms with Gasteiger partial charge in [0.15, 0.2) is 0 Å². The molecule has 6 nitrogen and oxygen atoms in total. The lowest BCUT2D eigenvalue weighted by molar-refractivity contribution is -0.0234. The standard InChI is InChI=1S/C24H24N4O2S/c1-28-11-9-19(10-12-28)30-22(23-27-20-7-2-3-8-21(20)31-23)17-6-4-5-16(13-17)18-14-25-24(29)26-15-18/h2-8,13-15,19,22H,9-12H2,1H3,(H,25,26,29). The molecule has 0 spiro atoms. The largest absolute Gasteiger partial charge is 0.363 e. The molecule has 1 aliphatic heterocycles. The molecule has 0 aliphatic carbocycles. The van der Waals surface area contributed by atoms with Gasteiger partial charge < -0.3 is 14.6 Å². The summed E-state index contributed by atoms with van der Waals surface area (Å²) in [6.45, 7) is 2.08. The Morgan fingerprint density at radius 1 is 1.13 bits per heavy atom. The minimum Gasteiger partial charge on any atom is -0.363 e. The Bertz CT molecular complexity index is 1190. The molecule has 4 aromatic rings. The molecule has 1 atom stereocenters. The van der Waals surface area contributed by atoms with Crippen molar-refractivity contribution < 1.29 is 4.74 Å². The highest BCUT2D eigenvalue weighted by Gasteiger charge is 2.26. The van der Waals surface area contributed by atoms with Crippen molar-refractivity contribution in [3.05, 3.63) is 82.0 Å². The van der Waals surface area contributed by atoms with Crippen molar-refractivity contribution in [2.45, 2.75) is 25.0 Å². The number of aromatic nitrogens is 3. The number of likely N-dealkylation sites (tertiary alicyclic amines) is 1. The van der Waals surface area contributed by atoms with Crippen molar-refractivity contribution in [1.29, 1.82) is 0 Å². The SMILES string of the molecule is CN1CCC(OC(c2cccc(-c3cnc(=O)[nH]c3)c2)c2nc3ccccc3s2)CC1. The van der Waals surface area contributed by atoms with Crippen molar-refractivity contribution in [2.75, 3.05) is 20.1 Å². The molecule has 5 rings (SSSR count). The third kappa shape index (κ3) is 4.44. The van der Waals surface area contributed by atoms with Gasteiger partial charge in [-0.2, -0.15) is 0 Å². The van der Waals surface area contributed by atoms with Crippen molar-refractivity contribution in [3.8, 4) is 11.1 Å². The third-order valence-electron chi connectivity index (χ3n) is 5.72. The maximum absolute atomic E-state index is 11.3. The first kappa shape index (κ1) is 20.1. The Morgan fingerprint density at radius 3 is 2.74 bits per heavy atom. The van der Waals surface area contributed by atoms with Gasteiger partial charge in [-0.05, 0) is 49.2 Å². The molecule has 1 fully saturated rings. The fourth-order valence-corrected chi connectivity index (χ4v) is 5.01. The summed E-state index contributed by atoms with van der Waals surface area (Å²) in [6, 6.07) is 16.5. The van der Waals surface area contributed by atoms with E-state index >= 15 is 0 Å². The summed E-state index contributed by atoms with van der Waals surface area (Å²) in [5, 5.41) is 0.969. The number of thiazole rings is 1. The fourth-order valence-electron chi connectivity index (χ4n) is 3.98. The summed E-state index contributed by atoms with van der Waals surface area (Å²) < 4.78 is 7.86. The number of benzene rings is 2. The van der Waals surface area contributed by atoms with Gasteiger partial charge in [0.25, 0.3) is 0 Å². The number of aromatic amines is 1. The van der Waals surface area contributed by atoms with Crippen LogP contribution in [0.3, 0.4) is 0 Å². The molecule has 0 radical (unpaired) electrons. The van der Waals surface area contributed by atoms with E-state index in [0.29, 0.717) is 0 Å². The zero-order valence-electron chi connectivity index (χ0n) is 17.3. The molecule has 3 heterocycles. The third-order valence-corrected chi connectivity index (χ3v) is 6.80. The van der Waals surface area contributed by atoms with Gasteiger partial charge in [-0.25, -0.2) is 14.8 Å². The molecule has 1 unspecified atom stereocenters. The lowest BCUT2D eigenvalue weighted by atomic mass is 10.0. The normalized spacial score (nSPS) is 16.5. The van der Waals surface area contributed by atoms with Crippen LogP contribution < -0.4 is 5.69 Å². The highest BCUT2D eigenvalue weighted by molar-refractivity contribution is 7.18. The number of ether oxygens (including phenoxy) is 1. The molecule has 0 bridgehead atoms. The maximum atomic E-state index is 11.3. The Kier molecular flexibility index (Phi) is 5.63. The van der Waals surface area contributed by atoms with E-state index < -0.39 is 0 Å². The van der Waals surface area contributed by atoms with Crippen LogP contribution in [0.2, 0.25) is 0 Å². The van der Waals surface area contributed by atoms with Crippen LogP contribution in [0.25, 0.3) is 21.3 Å². The van der Waals surface area contributed by atoms with Crippen LogP contribution in [0, 0.1) is 0 Å². The van der Waals surface area contributed by atoms with Gasteiger partial charge in [-0.3, -0.25) is 0 Å². The molecule has 1 saturated heterocycles. The van der Waals surface area contributed by atoms with E-state index in [0.717, 1.165) is 57.8 Å². The summed E-state index contributed by atoms with van der Waals surface area (Å²) in [5.41, 5.74) is 3.56. The van der Waals surface area contributed by atoms with Crippen LogP contribution in [0.5, 0.6) is 0 Å². The van der Waals surface area contributed by atoms with E-state index in [-0.39, 0.29) is 17.9 Å². The lowest BCUT2D eigenvalue weighted by Gasteiger charge is -2.31. The van der Waals surface area contributed by atoms with Crippen LogP contribution in [0.4, 0.5) is 0 Å². The molecule has 158 valence electrons. The van der Waals surface area contributed by atoms with Gasteiger partial charge in [0.05, 0.1) is 16.3 Å². The summed E-state index contributed by atoms with van der Waals surface area (Å²) in [7, 11) is 2.16. The summed E-state index contributed by atoms with van der Waals surface area (Å²) in [5.74, 6) is 0. The number of H-pyrrole nitrogens is 1. The van der Waals surface area contributed by atoms with E-state index in [1.807, 2.05) is 30.3 Å². The zero-order valence-corrected chi connectivity index (χ0v) is 18.1. The van der Waals surface area contributed by atoms with Crippen molar-refractivity contribution in [1.82, 2.24) is 19.9 Å². The monoisotopic (exact) mass is 432 g/mol. The summed E-state index contributed by atoms with van der Waals surface area (Å²) in [6.07, 6.45) is 5.29. The van der Waals surface area contributed by atoms with Gasteiger partial charge in [0.2, 0.25) is 0 Å². The molecule has 7 heteroatoms. The predicted octanol–water partition coefficient (Wildman–Crippen LogP) is 4.25. The molecule has 1 aliphatic rings. The van der Waals surface area contributed by atoms with Crippen LogP contribution >= 0.6 is 11.3 Å². The highest BCUT2D eigenvalue weighted by Crippen LogP contribution is 2.36. The topological polar surface area (TPSA) is 71.1 Å². The van der Waals surface area contributed by atoms with Gasteiger partial charge >= 0.3 is 5.69 Å². The number of nitrogens with zero attached hydrogens (tertiary/aromatic N) is 3. The zero-order chi connectivity index (χ0) is 21.2. The Labute approximate surface area is 184 Å². The number of para-hydroxylation sites is 1. The predicted molar refractivity (Wildman–Crippen MR) is 123 cm³/mol. The van der Waals surface area contributed by atoms with Crippen LogP contribution in [-0.2, 0) is 4.74 Å². The first-order valence-electron chi connectivity index (χ1n) is 10.5. The molecule has 31 heavy (non-hydrogen) atoms. The molecule has 2 aromatic carbocycles. The quantitative estimate of drug-likeness (QED) is 0.511. The van der Waals surface area contributed by atoms with E-state index in [9.17, 15) is 4.79 Å². The van der Waals surface area contributed by atoms with Gasteiger partial charge in [-0.15, -0.1) is 11.3 Å². The minimum absolute atomic E-state index is 0.201. The highest BCUT2D eigenvalue weighted by atomic mass is 32.1. The molecule has 2 aromatic heterocycles. The molecule has 0 amide bonds. The van der Waals surface area contributed by atoms with Crippen LogP contribution in [0.15, 0.2) is 65.7 Å². The summed E-state index contributed by atoms with van der Waals surface area (Å²) >= 11 is 1.69. The number of nitrogens with one attached hydrogen (secondary N) is 1. The average Bonchev–Trinajstić information content (AvgIpc) is 3.23. The molecule has 1 N–H and O–H groups in total. The number of hydrogen-bond donors (Lipinski definition) is 1. The van der Waals surface area contributed by atoms with Crippen molar-refractivity contribution in [2.24, 2.45) is 0 Å². The van der Waals surface area contributed by atoms with Crippen LogP contribution in [0.1, 0.15) is 29.5 Å². The van der Waals surface area contributed by atoms with Gasteiger partial charge in [-0.1, -0.05) is 30.3 Å². The van der Waals surface area contributed by atoms with Gasteiger partial charge in [0, 0.05) is 31.0 Å². The second-order valence-corrected chi connectivity index (χ2v) is 9.03. The molecular formula is C24H24N4O2S. The summed E-state index contributed by atoms with van der Waals surface area (Å²) in [4.78, 5) is 25.1. The number of hydrogen-bond acceptors (Lipinski definition) is 6. The lowest BCUT2D eigenvalue weighted by Crippen LogP contribution is -2.35. The molecular weight excluding hydrogens is 408 g/mol. The maximum Gasteiger partial charge on any atom is 0.344 e. The second kappa shape index (κ2) is 8.70. The smallest absolute Gasteiger partial charge is 0.344 e. The Balaban J connectivity index is 1.52. The number of piperidine rings is 1. The van der Waals surface area contributed by atoms with E-state index in [4.69, 9.17) is 9.72 Å². The van der Waals surface area contributed by atoms with E-state index in [1.54, 1.807) is 23.7 Å². The van der Waals surface area contributed by atoms with Gasteiger partial charge in [0.1, 0.15) is 11.1 Å². The van der Waals surface area contributed by atoms with Crippen molar-refractivity contribution in [3.63, 3.8) is 0 Å². The second-order valence-electron chi connectivity index (χ2n) is 7.97. The minimum atomic E-state index is -0.349. The van der Waals surface area contributed by atoms with Crippen molar-refractivity contribution >= 4 is 21.6 Å². The fraction of sp³-hybridized carbons (Fsp3) is 0.292. The average molecular weight is 433 g/mol. The number of fused-ring (bicyclic) bond motifs is 1. The van der Waals surface area contributed by atoms with Crippen LogP contribution in [-0.4, -0.2) is 46.1 Å². The van der Waals surface area contributed by atoms with E-state index in [2.05, 4.69) is 40.1 Å². The Morgan fingerprint density at radius 2 is 1.97 bits per heavy atom. The molecule has 0 saturated carbocycles. The number of rotatable bonds is 5. The Hall–Kier alpha value is -2.87. The first-order valence-corrected chi connectivity index (χ1v) is 11.3. The van der Waals surface area contributed by atoms with E-state index in [1.165, 1.54) is 0 Å². The first-order chi connectivity index (χ1) is 15.2.